The molecule has 1 aliphatic heterocycles. The zero-order valence-corrected chi connectivity index (χ0v) is 12.4. The van der Waals surface area contributed by atoms with Gasteiger partial charge in [0.05, 0.1) is 0 Å². The molecule has 0 aliphatic carbocycles. The van der Waals surface area contributed by atoms with Crippen molar-refractivity contribution in [3.8, 4) is 0 Å². The molecule has 1 fully saturated rings. The first kappa shape index (κ1) is 15.0. The van der Waals surface area contributed by atoms with Crippen LogP contribution >= 0.6 is 0 Å². The molecule has 1 saturated heterocycles. The van der Waals surface area contributed by atoms with Gasteiger partial charge in [0.2, 0.25) is 5.91 Å². The summed E-state index contributed by atoms with van der Waals surface area (Å²) in [6.45, 7) is 7.66. The molecule has 0 radical (unpaired) electrons. The van der Waals surface area contributed by atoms with E-state index in [9.17, 15) is 9.18 Å². The van der Waals surface area contributed by atoms with Gasteiger partial charge in [-0.25, -0.2) is 4.39 Å². The van der Waals surface area contributed by atoms with Crippen LogP contribution in [0.3, 0.4) is 0 Å². The topological polar surface area (TPSA) is 46.3 Å². The standard InChI is InChI=1S/C16H23FN2O/c1-16(2,3)12-8-15(20)19(9-12)10-14(18)11-5-4-6-13(17)7-11/h4-7,12,14H,8-10,18H2,1-3H3. The summed E-state index contributed by atoms with van der Waals surface area (Å²) in [5, 5.41) is 0. The maximum atomic E-state index is 13.2. The van der Waals surface area contributed by atoms with Crippen LogP contribution in [0.4, 0.5) is 4.39 Å². The van der Waals surface area contributed by atoms with Gasteiger partial charge in [-0.2, -0.15) is 0 Å². The van der Waals surface area contributed by atoms with E-state index in [-0.39, 0.29) is 23.2 Å². The highest BCUT2D eigenvalue weighted by atomic mass is 19.1. The fraction of sp³-hybridized carbons (Fsp3) is 0.562. The summed E-state index contributed by atoms with van der Waals surface area (Å²) in [5.41, 5.74) is 6.95. The summed E-state index contributed by atoms with van der Waals surface area (Å²) in [4.78, 5) is 13.9. The van der Waals surface area contributed by atoms with Crippen molar-refractivity contribution in [2.75, 3.05) is 13.1 Å². The number of nitrogens with zero attached hydrogens (tertiary/aromatic N) is 1. The van der Waals surface area contributed by atoms with Crippen molar-refractivity contribution in [1.82, 2.24) is 4.90 Å². The maximum absolute atomic E-state index is 13.2. The lowest BCUT2D eigenvalue weighted by atomic mass is 9.80. The Labute approximate surface area is 120 Å². The first-order valence-corrected chi connectivity index (χ1v) is 7.06. The Kier molecular flexibility index (Phi) is 4.14. The van der Waals surface area contributed by atoms with Crippen LogP contribution < -0.4 is 5.73 Å². The molecule has 0 saturated carbocycles. The van der Waals surface area contributed by atoms with Crippen LogP contribution in [0.15, 0.2) is 24.3 Å². The van der Waals surface area contributed by atoms with Gasteiger partial charge in [0.1, 0.15) is 5.82 Å². The van der Waals surface area contributed by atoms with E-state index in [1.807, 2.05) is 4.90 Å². The van der Waals surface area contributed by atoms with Crippen molar-refractivity contribution in [2.45, 2.75) is 33.2 Å². The van der Waals surface area contributed by atoms with Crippen molar-refractivity contribution in [2.24, 2.45) is 17.1 Å². The van der Waals surface area contributed by atoms with E-state index in [0.29, 0.717) is 18.9 Å². The molecule has 1 heterocycles. The smallest absolute Gasteiger partial charge is 0.223 e. The minimum absolute atomic E-state index is 0.118. The molecule has 0 spiro atoms. The molecular formula is C16H23FN2O. The monoisotopic (exact) mass is 278 g/mol. The van der Waals surface area contributed by atoms with Crippen molar-refractivity contribution in [3.05, 3.63) is 35.6 Å². The third-order valence-electron chi connectivity index (χ3n) is 4.13. The second-order valence-electron chi connectivity index (χ2n) is 6.73. The summed E-state index contributed by atoms with van der Waals surface area (Å²) >= 11 is 0. The van der Waals surface area contributed by atoms with Crippen molar-refractivity contribution >= 4 is 5.91 Å². The number of carbonyl (C=O) groups is 1. The van der Waals surface area contributed by atoms with Gasteiger partial charge in [-0.3, -0.25) is 4.79 Å². The fourth-order valence-corrected chi connectivity index (χ4v) is 2.61. The zero-order valence-electron chi connectivity index (χ0n) is 12.4. The molecule has 110 valence electrons. The van der Waals surface area contributed by atoms with Gasteiger partial charge in [-0.15, -0.1) is 0 Å². The number of rotatable bonds is 3. The van der Waals surface area contributed by atoms with Gasteiger partial charge in [0.25, 0.3) is 0 Å². The highest BCUT2D eigenvalue weighted by molar-refractivity contribution is 5.78. The Morgan fingerprint density at radius 2 is 2.15 bits per heavy atom. The molecule has 1 amide bonds. The highest BCUT2D eigenvalue weighted by Crippen LogP contribution is 2.34. The first-order valence-electron chi connectivity index (χ1n) is 7.06. The molecule has 0 bridgehead atoms. The van der Waals surface area contributed by atoms with E-state index in [1.165, 1.54) is 12.1 Å². The number of benzene rings is 1. The second-order valence-corrected chi connectivity index (χ2v) is 6.73. The molecule has 4 heteroatoms. The number of halogens is 1. The lowest BCUT2D eigenvalue weighted by molar-refractivity contribution is -0.128. The minimum atomic E-state index is -0.339. The van der Waals surface area contributed by atoms with E-state index < -0.39 is 0 Å². The van der Waals surface area contributed by atoms with Crippen LogP contribution in [-0.2, 0) is 4.79 Å². The van der Waals surface area contributed by atoms with Gasteiger partial charge in [-0.05, 0) is 29.0 Å². The normalized spacial score (nSPS) is 21.4. The number of carbonyl (C=O) groups excluding carboxylic acids is 1. The Morgan fingerprint density at radius 3 is 2.70 bits per heavy atom. The SMILES string of the molecule is CC(C)(C)C1CC(=O)N(CC(N)c2cccc(F)c2)C1. The summed E-state index contributed by atoms with van der Waals surface area (Å²) in [6.07, 6.45) is 0.583. The third-order valence-corrected chi connectivity index (χ3v) is 4.13. The molecule has 2 atom stereocenters. The predicted molar refractivity (Wildman–Crippen MR) is 77.5 cm³/mol. The third kappa shape index (κ3) is 3.37. The molecule has 1 aliphatic rings. The first-order chi connectivity index (χ1) is 9.27. The fourth-order valence-electron chi connectivity index (χ4n) is 2.61. The van der Waals surface area contributed by atoms with Crippen LogP contribution in [0.5, 0.6) is 0 Å². The molecule has 2 rings (SSSR count). The molecule has 2 unspecified atom stereocenters. The Balaban J connectivity index is 2.02. The van der Waals surface area contributed by atoms with E-state index in [4.69, 9.17) is 5.73 Å². The molecule has 3 nitrogen and oxygen atoms in total. The van der Waals surface area contributed by atoms with E-state index in [0.717, 1.165) is 12.1 Å². The maximum Gasteiger partial charge on any atom is 0.223 e. The van der Waals surface area contributed by atoms with Crippen molar-refractivity contribution < 1.29 is 9.18 Å². The minimum Gasteiger partial charge on any atom is -0.340 e. The summed E-state index contributed by atoms with van der Waals surface area (Å²) < 4.78 is 13.2. The van der Waals surface area contributed by atoms with Crippen LogP contribution in [-0.4, -0.2) is 23.9 Å². The van der Waals surface area contributed by atoms with Gasteiger partial charge < -0.3 is 10.6 Å². The Bertz CT molecular complexity index is 495. The second kappa shape index (κ2) is 5.52. The average Bonchev–Trinajstić information content (AvgIpc) is 2.71. The van der Waals surface area contributed by atoms with E-state index in [2.05, 4.69) is 20.8 Å². The highest BCUT2D eigenvalue weighted by Gasteiger charge is 2.37. The van der Waals surface area contributed by atoms with Gasteiger partial charge in [-0.1, -0.05) is 32.9 Å². The van der Waals surface area contributed by atoms with Gasteiger partial charge in [0.15, 0.2) is 0 Å². The molecule has 20 heavy (non-hydrogen) atoms. The number of hydrogen-bond donors (Lipinski definition) is 1. The number of likely N-dealkylation sites (tertiary alicyclic amines) is 1. The van der Waals surface area contributed by atoms with E-state index in [1.54, 1.807) is 12.1 Å². The van der Waals surface area contributed by atoms with Gasteiger partial charge in [0, 0.05) is 25.6 Å². The molecule has 1 aromatic carbocycles. The molecule has 2 N–H and O–H groups in total. The average molecular weight is 278 g/mol. The quantitative estimate of drug-likeness (QED) is 0.924. The van der Waals surface area contributed by atoms with Crippen LogP contribution in [0, 0.1) is 17.2 Å². The molecular weight excluding hydrogens is 255 g/mol. The number of hydrogen-bond acceptors (Lipinski definition) is 2. The summed E-state index contributed by atoms with van der Waals surface area (Å²) in [7, 11) is 0. The lowest BCUT2D eigenvalue weighted by Gasteiger charge is -2.27. The van der Waals surface area contributed by atoms with Crippen LogP contribution in [0.2, 0.25) is 0 Å². The Hall–Kier alpha value is -1.42. The zero-order chi connectivity index (χ0) is 14.9. The van der Waals surface area contributed by atoms with Crippen LogP contribution in [0.1, 0.15) is 38.8 Å². The number of nitrogens with two attached hydrogens (primary N) is 1. The molecule has 0 aromatic heterocycles. The molecule has 1 aromatic rings. The summed E-state index contributed by atoms with van der Waals surface area (Å²) in [5.74, 6) is 0.213. The summed E-state index contributed by atoms with van der Waals surface area (Å²) in [6, 6.07) is 5.94. The van der Waals surface area contributed by atoms with Crippen molar-refractivity contribution in [3.63, 3.8) is 0 Å². The lowest BCUT2D eigenvalue weighted by Crippen LogP contribution is -2.34. The largest absolute Gasteiger partial charge is 0.340 e. The van der Waals surface area contributed by atoms with Gasteiger partial charge >= 0.3 is 0 Å². The van der Waals surface area contributed by atoms with Crippen molar-refractivity contribution in [1.29, 1.82) is 0 Å². The number of amides is 1. The van der Waals surface area contributed by atoms with Crippen LogP contribution in [0.25, 0.3) is 0 Å². The predicted octanol–water partition coefficient (Wildman–Crippen LogP) is 2.72. The van der Waals surface area contributed by atoms with E-state index >= 15 is 0 Å². The Morgan fingerprint density at radius 1 is 1.45 bits per heavy atom.